The summed E-state index contributed by atoms with van der Waals surface area (Å²) in [5, 5.41) is 0.344. The quantitative estimate of drug-likeness (QED) is 0.828. The minimum absolute atomic E-state index is 0.294. The highest BCUT2D eigenvalue weighted by Crippen LogP contribution is 2.28. The molecule has 0 spiro atoms. The van der Waals surface area contributed by atoms with Crippen LogP contribution in [0.3, 0.4) is 0 Å². The Morgan fingerprint density at radius 1 is 1.35 bits per heavy atom. The first-order valence-corrected chi connectivity index (χ1v) is 5.09. The number of rotatable bonds is 2. The highest BCUT2D eigenvalue weighted by atomic mass is 35.5. The Bertz CT molecular complexity index is 560. The van der Waals surface area contributed by atoms with E-state index in [4.69, 9.17) is 22.1 Å². The molecule has 2 aromatic rings. The van der Waals surface area contributed by atoms with Crippen molar-refractivity contribution in [3.8, 4) is 17.0 Å². The van der Waals surface area contributed by atoms with Gasteiger partial charge in [0.2, 0.25) is 0 Å². The number of ether oxygens (including phenoxy) is 1. The van der Waals surface area contributed by atoms with Gasteiger partial charge < -0.3 is 10.5 Å². The molecule has 0 aliphatic rings. The molecule has 0 unspecified atom stereocenters. The van der Waals surface area contributed by atoms with E-state index in [0.29, 0.717) is 22.2 Å². The topological polar surface area (TPSA) is 78.1 Å². The molecule has 0 saturated carbocycles. The zero-order valence-corrected chi connectivity index (χ0v) is 9.39. The van der Waals surface area contributed by atoms with E-state index < -0.39 is 6.09 Å². The predicted octanol–water partition coefficient (Wildman–Crippen LogP) is 2.25. The molecule has 6 heteroatoms. The summed E-state index contributed by atoms with van der Waals surface area (Å²) in [6, 6.07) is 6.65. The molecule has 86 valence electrons. The van der Waals surface area contributed by atoms with Gasteiger partial charge in [0, 0.05) is 18.5 Å². The van der Waals surface area contributed by atoms with E-state index in [1.54, 1.807) is 18.2 Å². The van der Waals surface area contributed by atoms with Crippen molar-refractivity contribution in [1.82, 2.24) is 9.97 Å². The summed E-state index contributed by atoms with van der Waals surface area (Å²) >= 11 is 5.79. The average molecular weight is 250 g/mol. The van der Waals surface area contributed by atoms with Crippen molar-refractivity contribution >= 4 is 17.7 Å². The van der Waals surface area contributed by atoms with Gasteiger partial charge in [-0.1, -0.05) is 17.7 Å². The number of primary amides is 1. The second-order valence-corrected chi connectivity index (χ2v) is 3.53. The van der Waals surface area contributed by atoms with E-state index in [0.717, 1.165) is 0 Å². The first kappa shape index (κ1) is 11.3. The lowest BCUT2D eigenvalue weighted by Crippen LogP contribution is -2.16. The van der Waals surface area contributed by atoms with E-state index in [1.807, 2.05) is 0 Å². The Balaban J connectivity index is 2.47. The summed E-state index contributed by atoms with van der Waals surface area (Å²) in [4.78, 5) is 18.8. The molecule has 0 radical (unpaired) electrons. The maximum atomic E-state index is 10.8. The summed E-state index contributed by atoms with van der Waals surface area (Å²) in [5.41, 5.74) is 6.08. The van der Waals surface area contributed by atoms with E-state index in [2.05, 4.69) is 9.97 Å². The Morgan fingerprint density at radius 3 is 2.88 bits per heavy atom. The lowest BCUT2D eigenvalue weighted by Gasteiger charge is -2.07. The van der Waals surface area contributed by atoms with Crippen LogP contribution in [0.5, 0.6) is 5.75 Å². The van der Waals surface area contributed by atoms with Crippen molar-refractivity contribution < 1.29 is 9.53 Å². The van der Waals surface area contributed by atoms with Crippen LogP contribution < -0.4 is 10.5 Å². The third kappa shape index (κ3) is 2.70. The third-order valence-electron chi connectivity index (χ3n) is 1.98. The summed E-state index contributed by atoms with van der Waals surface area (Å²) in [6.45, 7) is 0. The van der Waals surface area contributed by atoms with Crippen molar-refractivity contribution in [3.05, 3.63) is 41.8 Å². The molecule has 0 atom stereocenters. The molecule has 2 rings (SSSR count). The van der Waals surface area contributed by atoms with Gasteiger partial charge in [-0.15, -0.1) is 0 Å². The first-order valence-electron chi connectivity index (χ1n) is 4.71. The molecule has 0 aliphatic heterocycles. The number of halogens is 1. The number of nitrogens with two attached hydrogens (primary N) is 1. The Hall–Kier alpha value is -2.14. The van der Waals surface area contributed by atoms with Crippen molar-refractivity contribution in [2.75, 3.05) is 0 Å². The molecule has 5 nitrogen and oxygen atoms in total. The van der Waals surface area contributed by atoms with Gasteiger partial charge >= 0.3 is 6.09 Å². The van der Waals surface area contributed by atoms with Gasteiger partial charge in [-0.3, -0.25) is 4.98 Å². The zero-order chi connectivity index (χ0) is 12.3. The van der Waals surface area contributed by atoms with Crippen LogP contribution in [-0.2, 0) is 0 Å². The van der Waals surface area contributed by atoms with Crippen LogP contribution in [-0.4, -0.2) is 16.1 Å². The van der Waals surface area contributed by atoms with Gasteiger partial charge in [0.15, 0.2) is 0 Å². The number of hydrogen-bond acceptors (Lipinski definition) is 4. The standard InChI is InChI=1S/C11H8ClN3O2/c12-10-3-1-2-8(15-10)7-6-14-5-4-9(7)17-11(13)16/h1-6H,(H2,13,16). The largest absolute Gasteiger partial charge is 0.410 e. The van der Waals surface area contributed by atoms with E-state index in [-0.39, 0.29) is 0 Å². The van der Waals surface area contributed by atoms with E-state index in [9.17, 15) is 4.79 Å². The SMILES string of the molecule is NC(=O)Oc1ccncc1-c1cccc(Cl)n1. The normalized spacial score (nSPS) is 9.94. The molecule has 1 amide bonds. The van der Waals surface area contributed by atoms with E-state index >= 15 is 0 Å². The Labute approximate surface area is 102 Å². The van der Waals surface area contributed by atoms with Crippen molar-refractivity contribution in [2.45, 2.75) is 0 Å². The molecule has 0 aromatic carbocycles. The second kappa shape index (κ2) is 4.80. The van der Waals surface area contributed by atoms with Crippen LogP contribution in [0.25, 0.3) is 11.3 Å². The zero-order valence-electron chi connectivity index (χ0n) is 8.63. The molecular formula is C11H8ClN3O2. The van der Waals surface area contributed by atoms with Crippen LogP contribution in [0.4, 0.5) is 4.79 Å². The Kier molecular flexibility index (Phi) is 3.20. The molecule has 2 heterocycles. The Morgan fingerprint density at radius 2 is 2.18 bits per heavy atom. The predicted molar refractivity (Wildman–Crippen MR) is 62.7 cm³/mol. The van der Waals surface area contributed by atoms with Crippen LogP contribution in [0.15, 0.2) is 36.7 Å². The minimum Gasteiger partial charge on any atom is -0.410 e. The fraction of sp³-hybridized carbons (Fsp3) is 0. The van der Waals surface area contributed by atoms with Crippen LogP contribution in [0.2, 0.25) is 5.15 Å². The summed E-state index contributed by atoms with van der Waals surface area (Å²) in [6.07, 6.45) is 2.13. The summed E-state index contributed by atoms with van der Waals surface area (Å²) in [5.74, 6) is 0.294. The van der Waals surface area contributed by atoms with Crippen LogP contribution in [0.1, 0.15) is 0 Å². The fourth-order valence-electron chi connectivity index (χ4n) is 1.33. The number of carbonyl (C=O) groups is 1. The van der Waals surface area contributed by atoms with E-state index in [1.165, 1.54) is 18.5 Å². The molecular weight excluding hydrogens is 242 g/mol. The lowest BCUT2D eigenvalue weighted by atomic mass is 10.2. The lowest BCUT2D eigenvalue weighted by molar-refractivity contribution is 0.211. The molecule has 2 aromatic heterocycles. The molecule has 0 saturated heterocycles. The number of nitrogens with zero attached hydrogens (tertiary/aromatic N) is 2. The van der Waals surface area contributed by atoms with Gasteiger partial charge in [-0.05, 0) is 12.1 Å². The molecule has 0 bridgehead atoms. The van der Waals surface area contributed by atoms with Crippen LogP contribution in [0, 0.1) is 0 Å². The van der Waals surface area contributed by atoms with Crippen molar-refractivity contribution in [3.63, 3.8) is 0 Å². The highest BCUT2D eigenvalue weighted by molar-refractivity contribution is 6.29. The minimum atomic E-state index is -0.889. The van der Waals surface area contributed by atoms with Crippen molar-refractivity contribution in [2.24, 2.45) is 5.73 Å². The smallest absolute Gasteiger partial charge is 0.409 e. The number of amides is 1. The highest BCUT2D eigenvalue weighted by Gasteiger charge is 2.10. The van der Waals surface area contributed by atoms with Gasteiger partial charge in [0.05, 0.1) is 11.3 Å². The summed E-state index contributed by atoms with van der Waals surface area (Å²) < 4.78 is 4.86. The number of carbonyl (C=O) groups excluding carboxylic acids is 1. The number of hydrogen-bond donors (Lipinski definition) is 1. The maximum Gasteiger partial charge on any atom is 0.409 e. The first-order chi connectivity index (χ1) is 8.16. The molecule has 17 heavy (non-hydrogen) atoms. The van der Waals surface area contributed by atoms with Gasteiger partial charge in [0.25, 0.3) is 0 Å². The third-order valence-corrected chi connectivity index (χ3v) is 2.19. The molecule has 0 fully saturated rings. The number of pyridine rings is 2. The molecule has 2 N–H and O–H groups in total. The number of aromatic nitrogens is 2. The second-order valence-electron chi connectivity index (χ2n) is 3.14. The summed E-state index contributed by atoms with van der Waals surface area (Å²) in [7, 11) is 0. The fourth-order valence-corrected chi connectivity index (χ4v) is 1.49. The van der Waals surface area contributed by atoms with Crippen molar-refractivity contribution in [1.29, 1.82) is 0 Å². The molecule has 0 aliphatic carbocycles. The maximum absolute atomic E-state index is 10.8. The average Bonchev–Trinajstić information content (AvgIpc) is 2.29. The van der Waals surface area contributed by atoms with Gasteiger partial charge in [0.1, 0.15) is 10.9 Å². The van der Waals surface area contributed by atoms with Gasteiger partial charge in [-0.25, -0.2) is 9.78 Å². The monoisotopic (exact) mass is 249 g/mol. The van der Waals surface area contributed by atoms with Gasteiger partial charge in [-0.2, -0.15) is 0 Å². The van der Waals surface area contributed by atoms with Crippen LogP contribution >= 0.6 is 11.6 Å².